The van der Waals surface area contributed by atoms with E-state index in [2.05, 4.69) is 9.88 Å². The van der Waals surface area contributed by atoms with E-state index in [9.17, 15) is 0 Å². The molecule has 1 aromatic heterocycles. The van der Waals surface area contributed by atoms with Gasteiger partial charge in [0.15, 0.2) is 0 Å². The van der Waals surface area contributed by atoms with Crippen molar-refractivity contribution < 1.29 is 0 Å². The maximum atomic E-state index is 6.32. The molecule has 0 bridgehead atoms. The molecule has 1 aromatic carbocycles. The number of pyridine rings is 1. The van der Waals surface area contributed by atoms with E-state index >= 15 is 0 Å². The van der Waals surface area contributed by atoms with E-state index in [0.717, 1.165) is 18.7 Å². The molecule has 3 nitrogen and oxygen atoms in total. The van der Waals surface area contributed by atoms with Gasteiger partial charge in [0.1, 0.15) is 0 Å². The first-order valence-electron chi connectivity index (χ1n) is 6.50. The molecule has 20 heavy (non-hydrogen) atoms. The number of hydrogen-bond donors (Lipinski definition) is 1. The Kier molecular flexibility index (Phi) is 3.94. The highest BCUT2D eigenvalue weighted by Gasteiger charge is 2.31. The summed E-state index contributed by atoms with van der Waals surface area (Å²) >= 11 is 12.4. The lowest BCUT2D eigenvalue weighted by atomic mass is 10.0. The van der Waals surface area contributed by atoms with Crippen LogP contribution >= 0.6 is 23.2 Å². The first-order chi connectivity index (χ1) is 9.70. The number of hydrogen-bond acceptors (Lipinski definition) is 3. The molecular formula is C15H15Cl2N3. The van der Waals surface area contributed by atoms with E-state index < -0.39 is 0 Å². The van der Waals surface area contributed by atoms with Gasteiger partial charge in [-0.05, 0) is 34.9 Å². The number of fused-ring (bicyclic) bond motifs is 1. The molecule has 0 radical (unpaired) electrons. The molecule has 0 amide bonds. The van der Waals surface area contributed by atoms with E-state index in [0.29, 0.717) is 16.6 Å². The van der Waals surface area contributed by atoms with Crippen LogP contribution in [0.1, 0.15) is 22.7 Å². The zero-order valence-corrected chi connectivity index (χ0v) is 12.4. The Balaban J connectivity index is 1.90. The summed E-state index contributed by atoms with van der Waals surface area (Å²) in [6.07, 6.45) is 3.61. The Labute approximate surface area is 128 Å². The van der Waals surface area contributed by atoms with Gasteiger partial charge in [0.05, 0.1) is 10.0 Å². The summed E-state index contributed by atoms with van der Waals surface area (Å²) in [5.41, 5.74) is 9.46. The van der Waals surface area contributed by atoms with Gasteiger partial charge in [0.2, 0.25) is 0 Å². The fraction of sp³-hybridized carbons (Fsp3) is 0.267. The van der Waals surface area contributed by atoms with Crippen molar-refractivity contribution >= 4 is 23.2 Å². The van der Waals surface area contributed by atoms with Crippen LogP contribution in [0.5, 0.6) is 0 Å². The summed E-state index contributed by atoms with van der Waals surface area (Å²) in [4.78, 5) is 6.36. The van der Waals surface area contributed by atoms with Crippen molar-refractivity contribution in [3.63, 3.8) is 0 Å². The lowest BCUT2D eigenvalue weighted by molar-refractivity contribution is 0.211. The number of nitrogens with two attached hydrogens (primary N) is 1. The zero-order chi connectivity index (χ0) is 14.1. The summed E-state index contributed by atoms with van der Waals surface area (Å²) < 4.78 is 0. The van der Waals surface area contributed by atoms with Gasteiger partial charge in [0, 0.05) is 38.1 Å². The molecule has 1 aliphatic rings. The minimum Gasteiger partial charge on any atom is -0.329 e. The van der Waals surface area contributed by atoms with Crippen LogP contribution in [0.3, 0.4) is 0 Å². The summed E-state index contributed by atoms with van der Waals surface area (Å²) in [5.74, 6) is 0. The second kappa shape index (κ2) is 5.70. The quantitative estimate of drug-likeness (QED) is 0.945. The maximum Gasteiger partial charge on any atom is 0.0640 e. The average Bonchev–Trinajstić information content (AvgIpc) is 2.82. The number of rotatable bonds is 3. The summed E-state index contributed by atoms with van der Waals surface area (Å²) in [6.45, 7) is 2.17. The van der Waals surface area contributed by atoms with Gasteiger partial charge in [-0.3, -0.25) is 9.88 Å². The fourth-order valence-electron chi connectivity index (χ4n) is 2.76. The van der Waals surface area contributed by atoms with Crippen LogP contribution in [0.2, 0.25) is 10.0 Å². The molecule has 0 saturated heterocycles. The van der Waals surface area contributed by atoms with Gasteiger partial charge in [-0.15, -0.1) is 0 Å². The third-order valence-corrected chi connectivity index (χ3v) is 4.59. The molecule has 2 aromatic rings. The summed E-state index contributed by atoms with van der Waals surface area (Å²) in [7, 11) is 0. The molecule has 1 atom stereocenters. The number of nitrogens with zero attached hydrogens (tertiary/aromatic N) is 2. The van der Waals surface area contributed by atoms with Gasteiger partial charge < -0.3 is 5.73 Å². The van der Waals surface area contributed by atoms with E-state index in [1.165, 1.54) is 11.1 Å². The fourth-order valence-corrected chi connectivity index (χ4v) is 3.16. The summed E-state index contributed by atoms with van der Waals surface area (Å²) in [5, 5.41) is 1.26. The largest absolute Gasteiger partial charge is 0.329 e. The van der Waals surface area contributed by atoms with E-state index in [4.69, 9.17) is 28.9 Å². The minimum absolute atomic E-state index is 0.188. The third kappa shape index (κ3) is 2.42. The smallest absolute Gasteiger partial charge is 0.0640 e. The highest BCUT2D eigenvalue weighted by atomic mass is 35.5. The molecule has 2 N–H and O–H groups in total. The maximum absolute atomic E-state index is 6.32. The van der Waals surface area contributed by atoms with E-state index in [-0.39, 0.29) is 6.04 Å². The lowest BCUT2D eigenvalue weighted by Crippen LogP contribution is -2.27. The molecule has 1 unspecified atom stereocenters. The molecule has 0 fully saturated rings. The van der Waals surface area contributed by atoms with Crippen LogP contribution in [-0.4, -0.2) is 16.4 Å². The second-order valence-electron chi connectivity index (χ2n) is 4.94. The Bertz CT molecular complexity index is 616. The van der Waals surface area contributed by atoms with Crippen LogP contribution in [0.25, 0.3) is 0 Å². The second-order valence-corrected chi connectivity index (χ2v) is 5.73. The molecule has 0 aliphatic carbocycles. The Hall–Kier alpha value is -1.13. The van der Waals surface area contributed by atoms with Crippen LogP contribution in [0, 0.1) is 0 Å². The van der Waals surface area contributed by atoms with Crippen molar-refractivity contribution in [1.29, 1.82) is 0 Å². The Morgan fingerprint density at radius 3 is 2.65 bits per heavy atom. The molecule has 0 spiro atoms. The highest BCUT2D eigenvalue weighted by Crippen LogP contribution is 2.40. The van der Waals surface area contributed by atoms with Crippen LogP contribution in [0.15, 0.2) is 36.7 Å². The first kappa shape index (κ1) is 13.8. The first-order valence-corrected chi connectivity index (χ1v) is 7.26. The van der Waals surface area contributed by atoms with Crippen LogP contribution in [0.4, 0.5) is 0 Å². The number of benzene rings is 1. The zero-order valence-electron chi connectivity index (χ0n) is 10.9. The van der Waals surface area contributed by atoms with Gasteiger partial charge in [-0.1, -0.05) is 29.3 Å². The normalized spacial score (nSPS) is 18.2. The number of halogens is 2. The molecule has 3 rings (SSSR count). The predicted molar refractivity (Wildman–Crippen MR) is 81.7 cm³/mol. The van der Waals surface area contributed by atoms with E-state index in [1.54, 1.807) is 12.4 Å². The van der Waals surface area contributed by atoms with Crippen molar-refractivity contribution in [2.75, 3.05) is 6.54 Å². The number of aromatic nitrogens is 1. The average molecular weight is 308 g/mol. The molecule has 2 heterocycles. The van der Waals surface area contributed by atoms with Crippen molar-refractivity contribution in [3.8, 4) is 0 Å². The Morgan fingerprint density at radius 1 is 1.20 bits per heavy atom. The lowest BCUT2D eigenvalue weighted by Gasteiger charge is -2.23. The molecular weight excluding hydrogens is 293 g/mol. The van der Waals surface area contributed by atoms with Crippen molar-refractivity contribution in [3.05, 3.63) is 63.4 Å². The van der Waals surface area contributed by atoms with Gasteiger partial charge in [0.25, 0.3) is 0 Å². The van der Waals surface area contributed by atoms with E-state index in [1.807, 2.05) is 24.3 Å². The van der Waals surface area contributed by atoms with Gasteiger partial charge >= 0.3 is 0 Å². The van der Waals surface area contributed by atoms with Crippen LogP contribution in [-0.2, 0) is 13.1 Å². The molecule has 5 heteroatoms. The SMILES string of the molecule is NCC1c2ccc(Cl)c(Cl)c2CN1Cc1ccncc1. The van der Waals surface area contributed by atoms with Crippen molar-refractivity contribution in [2.45, 2.75) is 19.1 Å². The Morgan fingerprint density at radius 2 is 1.95 bits per heavy atom. The van der Waals surface area contributed by atoms with Crippen LogP contribution < -0.4 is 5.73 Å². The third-order valence-electron chi connectivity index (χ3n) is 3.75. The highest BCUT2D eigenvalue weighted by molar-refractivity contribution is 6.42. The molecule has 1 aliphatic heterocycles. The van der Waals surface area contributed by atoms with Crippen molar-refractivity contribution in [2.24, 2.45) is 5.73 Å². The van der Waals surface area contributed by atoms with Gasteiger partial charge in [-0.25, -0.2) is 0 Å². The topological polar surface area (TPSA) is 42.1 Å². The monoisotopic (exact) mass is 307 g/mol. The molecule has 104 valence electrons. The van der Waals surface area contributed by atoms with Crippen molar-refractivity contribution in [1.82, 2.24) is 9.88 Å². The minimum atomic E-state index is 0.188. The van der Waals surface area contributed by atoms with Gasteiger partial charge in [-0.2, -0.15) is 0 Å². The predicted octanol–water partition coefficient (Wildman–Crippen LogP) is 3.40. The molecule has 0 saturated carbocycles. The standard InChI is InChI=1S/C15H15Cl2N3/c16-13-2-1-11-12(15(13)17)9-20(14(11)7-18)8-10-3-5-19-6-4-10/h1-6,14H,7-9,18H2. The summed E-state index contributed by atoms with van der Waals surface area (Å²) in [6, 6.07) is 8.11.